The normalized spacial score (nSPS) is 25.9. The third-order valence-electron chi connectivity index (χ3n) is 9.30. The molecule has 4 aliphatic rings. The number of rotatable bonds is 8. The number of hydrogen-bond donors (Lipinski definition) is 0. The summed E-state index contributed by atoms with van der Waals surface area (Å²) < 4.78 is 36.0. The minimum Gasteiger partial charge on any atom is -0.493 e. The largest absolute Gasteiger partial charge is 0.493 e. The van der Waals surface area contributed by atoms with Crippen molar-refractivity contribution in [1.29, 1.82) is 5.26 Å². The Labute approximate surface area is 242 Å². The summed E-state index contributed by atoms with van der Waals surface area (Å²) in [5, 5.41) is 10.7. The Morgan fingerprint density at radius 3 is 2.54 bits per heavy atom. The first-order chi connectivity index (χ1) is 19.9. The van der Waals surface area contributed by atoms with Crippen molar-refractivity contribution in [3.8, 4) is 34.8 Å². The van der Waals surface area contributed by atoms with E-state index in [0.29, 0.717) is 13.0 Å². The average molecular weight is 562 g/mol. The molecule has 0 aromatic heterocycles. The van der Waals surface area contributed by atoms with Crippen LogP contribution in [0.3, 0.4) is 0 Å². The van der Waals surface area contributed by atoms with Gasteiger partial charge in [0.25, 0.3) is 0 Å². The van der Waals surface area contributed by atoms with Gasteiger partial charge in [0.2, 0.25) is 6.79 Å². The Kier molecular flexibility index (Phi) is 7.26. The standard InChI is InChI=1S/C32H39N3O6/c1-8-10-38-29-18(4)30-32(41-16-40-30)26-20(29)13-23-27-25-19(11-17(3)28(37-7)31(25)39-15-36-6)12-22(34(27)5)24(14-33)35(23)21(26)9-2/h8,11,21-24,27H,1,9-10,12-13,15-16H2,2-7H3/t21-,22-,23-,24-,27-/m0/s1. The summed E-state index contributed by atoms with van der Waals surface area (Å²) in [6, 6.07) is 4.51. The number of fused-ring (bicyclic) bond motifs is 9. The van der Waals surface area contributed by atoms with Crippen LogP contribution in [0.2, 0.25) is 0 Å². The molecule has 0 N–H and O–H groups in total. The Morgan fingerprint density at radius 1 is 1.07 bits per heavy atom. The van der Waals surface area contributed by atoms with E-state index < -0.39 is 0 Å². The zero-order valence-corrected chi connectivity index (χ0v) is 24.8. The smallest absolute Gasteiger partial charge is 0.231 e. The second-order valence-electron chi connectivity index (χ2n) is 11.3. The van der Waals surface area contributed by atoms with Crippen LogP contribution in [-0.4, -0.2) is 69.4 Å². The first kappa shape index (κ1) is 27.7. The van der Waals surface area contributed by atoms with Crippen molar-refractivity contribution in [1.82, 2.24) is 9.80 Å². The van der Waals surface area contributed by atoms with E-state index in [4.69, 9.17) is 28.4 Å². The number of likely N-dealkylation sites (N-methyl/N-ethyl adjacent to an activating group) is 1. The van der Waals surface area contributed by atoms with Crippen LogP contribution in [0.4, 0.5) is 0 Å². The summed E-state index contributed by atoms with van der Waals surface area (Å²) in [4.78, 5) is 4.83. The molecule has 0 saturated carbocycles. The maximum absolute atomic E-state index is 10.7. The van der Waals surface area contributed by atoms with Crippen LogP contribution >= 0.6 is 0 Å². The van der Waals surface area contributed by atoms with Gasteiger partial charge < -0.3 is 28.4 Å². The molecule has 2 bridgehead atoms. The molecule has 2 aromatic carbocycles. The van der Waals surface area contributed by atoms with Gasteiger partial charge in [0, 0.05) is 47.5 Å². The van der Waals surface area contributed by atoms with Gasteiger partial charge in [-0.1, -0.05) is 25.6 Å². The lowest BCUT2D eigenvalue weighted by Gasteiger charge is -2.60. The van der Waals surface area contributed by atoms with E-state index in [2.05, 4.69) is 42.5 Å². The summed E-state index contributed by atoms with van der Waals surface area (Å²) in [5.74, 6) is 3.80. The number of hydrogen-bond acceptors (Lipinski definition) is 9. The van der Waals surface area contributed by atoms with E-state index >= 15 is 0 Å². The first-order valence-corrected chi connectivity index (χ1v) is 14.3. The zero-order valence-electron chi connectivity index (χ0n) is 24.8. The zero-order chi connectivity index (χ0) is 29.0. The van der Waals surface area contributed by atoms with E-state index in [1.807, 2.05) is 13.8 Å². The molecule has 9 heteroatoms. The number of nitriles is 1. The lowest BCUT2D eigenvalue weighted by atomic mass is 9.71. The van der Waals surface area contributed by atoms with Gasteiger partial charge in [-0.15, -0.1) is 0 Å². The molecule has 0 spiro atoms. The molecule has 4 heterocycles. The van der Waals surface area contributed by atoms with Gasteiger partial charge in [0.15, 0.2) is 29.8 Å². The molecule has 2 aromatic rings. The highest BCUT2D eigenvalue weighted by molar-refractivity contribution is 5.66. The lowest BCUT2D eigenvalue weighted by molar-refractivity contribution is -0.0745. The molecule has 9 nitrogen and oxygen atoms in total. The van der Waals surface area contributed by atoms with Gasteiger partial charge in [-0.25, -0.2) is 0 Å². The van der Waals surface area contributed by atoms with Crippen LogP contribution in [0.1, 0.15) is 58.8 Å². The number of nitrogens with zero attached hydrogens (tertiary/aromatic N) is 3. The third kappa shape index (κ3) is 3.99. The molecule has 1 fully saturated rings. The van der Waals surface area contributed by atoms with Crippen LogP contribution in [0.5, 0.6) is 28.7 Å². The maximum Gasteiger partial charge on any atom is 0.231 e. The van der Waals surface area contributed by atoms with Crippen molar-refractivity contribution in [2.75, 3.05) is 41.5 Å². The molecule has 0 aliphatic carbocycles. The van der Waals surface area contributed by atoms with Gasteiger partial charge in [0.1, 0.15) is 18.4 Å². The highest BCUT2D eigenvalue weighted by atomic mass is 16.7. The SMILES string of the molecule is C=CCOc1c(C)c2c(c3c1C[C@H]1[C@H]4c5c(cc(C)c(OC)c5OCOC)C[C@@H]([C@H](C#N)N1[C@H]3CC)N4C)OCO2. The number of ether oxygens (including phenoxy) is 6. The fraction of sp³-hybridized carbons (Fsp3) is 0.531. The second kappa shape index (κ2) is 10.8. The predicted octanol–water partition coefficient (Wildman–Crippen LogP) is 4.77. The number of piperazine rings is 1. The lowest BCUT2D eigenvalue weighted by Crippen LogP contribution is -2.68. The summed E-state index contributed by atoms with van der Waals surface area (Å²) in [6.07, 6.45) is 3.98. The van der Waals surface area contributed by atoms with Crippen LogP contribution in [-0.2, 0) is 17.6 Å². The Bertz CT molecular complexity index is 1420. The van der Waals surface area contributed by atoms with Gasteiger partial charge >= 0.3 is 0 Å². The molecule has 6 rings (SSSR count). The molecule has 0 unspecified atom stereocenters. The first-order valence-electron chi connectivity index (χ1n) is 14.3. The monoisotopic (exact) mass is 561 g/mol. The van der Waals surface area contributed by atoms with Crippen molar-refractivity contribution >= 4 is 0 Å². The average Bonchev–Trinajstić information content (AvgIpc) is 3.46. The molecule has 5 atom stereocenters. The van der Waals surface area contributed by atoms with Gasteiger partial charge in [-0.05, 0) is 51.3 Å². The maximum atomic E-state index is 10.7. The fourth-order valence-electron chi connectivity index (χ4n) is 7.81. The number of benzene rings is 2. The summed E-state index contributed by atoms with van der Waals surface area (Å²) in [6.45, 7) is 10.8. The molecule has 0 amide bonds. The van der Waals surface area contributed by atoms with Gasteiger partial charge in [-0.3, -0.25) is 9.80 Å². The van der Waals surface area contributed by atoms with E-state index in [0.717, 1.165) is 69.4 Å². The molecule has 41 heavy (non-hydrogen) atoms. The van der Waals surface area contributed by atoms with Crippen LogP contribution in [0.15, 0.2) is 18.7 Å². The topological polar surface area (TPSA) is 85.7 Å². The van der Waals surface area contributed by atoms with Crippen LogP contribution in [0, 0.1) is 25.2 Å². The van der Waals surface area contributed by atoms with Crippen molar-refractivity contribution in [2.24, 2.45) is 0 Å². The van der Waals surface area contributed by atoms with Crippen LogP contribution in [0.25, 0.3) is 0 Å². The van der Waals surface area contributed by atoms with E-state index in [1.165, 1.54) is 5.56 Å². The van der Waals surface area contributed by atoms with E-state index in [1.54, 1.807) is 20.3 Å². The minimum absolute atomic E-state index is 0.0135. The predicted molar refractivity (Wildman–Crippen MR) is 153 cm³/mol. The second-order valence-corrected chi connectivity index (χ2v) is 11.3. The molecular weight excluding hydrogens is 522 g/mol. The fourth-order valence-corrected chi connectivity index (χ4v) is 7.81. The molecule has 4 aliphatic heterocycles. The summed E-state index contributed by atoms with van der Waals surface area (Å²) in [7, 11) is 5.45. The Hall–Kier alpha value is -3.45. The molecular formula is C32H39N3O6. The Morgan fingerprint density at radius 2 is 1.85 bits per heavy atom. The quantitative estimate of drug-likeness (QED) is 0.334. The highest BCUT2D eigenvalue weighted by Crippen LogP contribution is 2.59. The minimum atomic E-state index is -0.310. The van der Waals surface area contributed by atoms with Crippen molar-refractivity contribution in [3.05, 3.63) is 52.1 Å². The van der Waals surface area contributed by atoms with Crippen molar-refractivity contribution in [2.45, 2.75) is 70.2 Å². The van der Waals surface area contributed by atoms with E-state index in [-0.39, 0.29) is 43.8 Å². The third-order valence-corrected chi connectivity index (χ3v) is 9.30. The number of aryl methyl sites for hydroxylation is 1. The molecule has 1 saturated heterocycles. The highest BCUT2D eigenvalue weighted by Gasteiger charge is 2.56. The summed E-state index contributed by atoms with van der Waals surface area (Å²) >= 11 is 0. The van der Waals surface area contributed by atoms with E-state index in [9.17, 15) is 5.26 Å². The van der Waals surface area contributed by atoms with Crippen LogP contribution < -0.4 is 23.7 Å². The molecule has 0 radical (unpaired) electrons. The van der Waals surface area contributed by atoms with Crippen molar-refractivity contribution in [3.63, 3.8) is 0 Å². The number of methoxy groups -OCH3 is 2. The van der Waals surface area contributed by atoms with Gasteiger partial charge in [0.05, 0.1) is 19.2 Å². The van der Waals surface area contributed by atoms with Crippen molar-refractivity contribution < 1.29 is 28.4 Å². The Balaban J connectivity index is 1.60. The summed E-state index contributed by atoms with van der Waals surface area (Å²) in [5.41, 5.74) is 6.46. The van der Waals surface area contributed by atoms with Gasteiger partial charge in [-0.2, -0.15) is 5.26 Å². The molecule has 218 valence electrons.